The molecule has 0 saturated carbocycles. The molecule has 0 saturated heterocycles. The molecule has 0 aromatic heterocycles. The molecule has 1 aromatic rings. The summed E-state index contributed by atoms with van der Waals surface area (Å²) >= 11 is 3.37. The molecular formula is C13H18BrN3O2. The molecule has 0 aliphatic heterocycles. The number of aryl methyl sites for hydroxylation is 1. The highest BCUT2D eigenvalue weighted by atomic mass is 79.9. The van der Waals surface area contributed by atoms with E-state index in [-0.39, 0.29) is 17.8 Å². The second-order valence-electron chi connectivity index (χ2n) is 4.36. The number of carbonyl (C=O) groups is 1. The van der Waals surface area contributed by atoms with Gasteiger partial charge < -0.3 is 16.3 Å². The van der Waals surface area contributed by atoms with Gasteiger partial charge in [0, 0.05) is 16.9 Å². The summed E-state index contributed by atoms with van der Waals surface area (Å²) in [5.41, 5.74) is 7.10. The fourth-order valence-electron chi connectivity index (χ4n) is 1.66. The lowest BCUT2D eigenvalue weighted by Gasteiger charge is -2.16. The molecule has 19 heavy (non-hydrogen) atoms. The summed E-state index contributed by atoms with van der Waals surface area (Å²) in [6, 6.07) is 5.38. The number of nitrogens with two attached hydrogens (primary N) is 1. The van der Waals surface area contributed by atoms with Crippen molar-refractivity contribution in [2.75, 3.05) is 0 Å². The van der Waals surface area contributed by atoms with Crippen molar-refractivity contribution in [3.63, 3.8) is 0 Å². The van der Waals surface area contributed by atoms with Crippen LogP contribution in [0.3, 0.4) is 0 Å². The first kappa shape index (κ1) is 15.5. The van der Waals surface area contributed by atoms with Crippen molar-refractivity contribution in [2.24, 2.45) is 10.9 Å². The van der Waals surface area contributed by atoms with Crippen molar-refractivity contribution in [1.29, 1.82) is 0 Å². The average Bonchev–Trinajstić information content (AvgIpc) is 2.37. The number of hydrogen-bond donors (Lipinski definition) is 3. The van der Waals surface area contributed by atoms with Crippen molar-refractivity contribution in [3.8, 4) is 0 Å². The molecule has 0 radical (unpaired) electrons. The van der Waals surface area contributed by atoms with Crippen LogP contribution in [-0.2, 0) is 0 Å². The number of amides is 1. The summed E-state index contributed by atoms with van der Waals surface area (Å²) in [4.78, 5) is 12.1. The molecule has 4 N–H and O–H groups in total. The summed E-state index contributed by atoms with van der Waals surface area (Å²) in [6.07, 6.45) is 1.02. The van der Waals surface area contributed by atoms with Gasteiger partial charge in [0.2, 0.25) is 0 Å². The van der Waals surface area contributed by atoms with Crippen LogP contribution in [0.2, 0.25) is 0 Å². The Labute approximate surface area is 121 Å². The number of carbonyl (C=O) groups excluding carboxylic acids is 1. The van der Waals surface area contributed by atoms with Gasteiger partial charge in [-0.2, -0.15) is 0 Å². The number of hydrogen-bond acceptors (Lipinski definition) is 3. The highest BCUT2D eigenvalue weighted by Crippen LogP contribution is 2.18. The molecule has 0 heterocycles. The minimum Gasteiger partial charge on any atom is -0.409 e. The zero-order valence-electron chi connectivity index (χ0n) is 11.0. The second-order valence-corrected chi connectivity index (χ2v) is 5.21. The van der Waals surface area contributed by atoms with Crippen LogP contribution in [0.4, 0.5) is 0 Å². The van der Waals surface area contributed by atoms with E-state index < -0.39 is 0 Å². The highest BCUT2D eigenvalue weighted by Gasteiger charge is 2.15. The van der Waals surface area contributed by atoms with Crippen LogP contribution in [0, 0.1) is 6.92 Å². The second kappa shape index (κ2) is 7.13. The van der Waals surface area contributed by atoms with Crippen LogP contribution >= 0.6 is 15.9 Å². The van der Waals surface area contributed by atoms with Gasteiger partial charge in [-0.05, 0) is 47.0 Å². The fraction of sp³-hybridized carbons (Fsp3) is 0.385. The summed E-state index contributed by atoms with van der Waals surface area (Å²) in [5, 5.41) is 14.3. The van der Waals surface area contributed by atoms with Gasteiger partial charge in [-0.25, -0.2) is 0 Å². The minimum atomic E-state index is -0.176. The molecule has 1 atom stereocenters. The van der Waals surface area contributed by atoms with Crippen molar-refractivity contribution in [2.45, 2.75) is 32.7 Å². The van der Waals surface area contributed by atoms with Gasteiger partial charge in [-0.15, -0.1) is 0 Å². The molecule has 104 valence electrons. The van der Waals surface area contributed by atoms with E-state index in [4.69, 9.17) is 10.9 Å². The minimum absolute atomic E-state index is 0.107. The molecule has 0 aliphatic carbocycles. The van der Waals surface area contributed by atoms with E-state index in [2.05, 4.69) is 26.4 Å². The van der Waals surface area contributed by atoms with Crippen LogP contribution < -0.4 is 11.1 Å². The van der Waals surface area contributed by atoms with E-state index in [1.54, 1.807) is 6.07 Å². The fourth-order valence-corrected chi connectivity index (χ4v) is 2.33. The third-order valence-corrected chi connectivity index (χ3v) is 3.44. The number of nitrogens with one attached hydrogen (secondary N) is 1. The quantitative estimate of drug-likeness (QED) is 0.336. The van der Waals surface area contributed by atoms with E-state index in [0.717, 1.165) is 10.0 Å². The zero-order chi connectivity index (χ0) is 14.4. The Hall–Kier alpha value is -1.56. The number of benzene rings is 1. The number of rotatable bonds is 5. The smallest absolute Gasteiger partial charge is 0.252 e. The van der Waals surface area contributed by atoms with Crippen LogP contribution in [0.25, 0.3) is 0 Å². The van der Waals surface area contributed by atoms with Crippen LogP contribution in [-0.4, -0.2) is 23.0 Å². The van der Waals surface area contributed by atoms with Crippen molar-refractivity contribution >= 4 is 27.7 Å². The van der Waals surface area contributed by atoms with Crippen LogP contribution in [0.5, 0.6) is 0 Å². The summed E-state index contributed by atoms with van der Waals surface area (Å²) < 4.78 is 0.753. The van der Waals surface area contributed by atoms with E-state index in [0.29, 0.717) is 18.4 Å². The Kier molecular flexibility index (Phi) is 5.82. The van der Waals surface area contributed by atoms with Gasteiger partial charge in [-0.1, -0.05) is 18.1 Å². The van der Waals surface area contributed by atoms with E-state index in [1.165, 1.54) is 0 Å². The predicted molar refractivity (Wildman–Crippen MR) is 78.5 cm³/mol. The van der Waals surface area contributed by atoms with Crippen molar-refractivity contribution < 1.29 is 10.0 Å². The van der Waals surface area contributed by atoms with Gasteiger partial charge in [-0.3, -0.25) is 4.79 Å². The molecule has 0 aliphatic rings. The Morgan fingerprint density at radius 1 is 1.58 bits per heavy atom. The maximum absolute atomic E-state index is 12.1. The molecule has 0 bridgehead atoms. The largest absolute Gasteiger partial charge is 0.409 e. The van der Waals surface area contributed by atoms with Gasteiger partial charge in [0.25, 0.3) is 5.91 Å². The average molecular weight is 328 g/mol. The first-order valence-corrected chi connectivity index (χ1v) is 6.80. The zero-order valence-corrected chi connectivity index (χ0v) is 12.6. The predicted octanol–water partition coefficient (Wildman–Crippen LogP) is 2.40. The van der Waals surface area contributed by atoms with Crippen LogP contribution in [0.1, 0.15) is 35.7 Å². The maximum Gasteiger partial charge on any atom is 0.252 e. The monoisotopic (exact) mass is 327 g/mol. The molecule has 1 aromatic carbocycles. The van der Waals surface area contributed by atoms with E-state index >= 15 is 0 Å². The highest BCUT2D eigenvalue weighted by molar-refractivity contribution is 9.10. The van der Waals surface area contributed by atoms with Crippen LogP contribution in [0.15, 0.2) is 27.8 Å². The SMILES string of the molecule is CCC(C/C(N)=N/O)NC(=O)c1ccc(C)cc1Br. The standard InChI is InChI=1S/C13H18BrN3O2/c1-3-9(7-12(15)17-19)16-13(18)10-5-4-8(2)6-11(10)14/h4-6,9,19H,3,7H2,1-2H3,(H2,15,17)(H,16,18). The van der Waals surface area contributed by atoms with Gasteiger partial charge >= 0.3 is 0 Å². The first-order chi connectivity index (χ1) is 8.97. The first-order valence-electron chi connectivity index (χ1n) is 6.01. The maximum atomic E-state index is 12.1. The lowest BCUT2D eigenvalue weighted by Crippen LogP contribution is -2.37. The molecule has 6 heteroatoms. The molecule has 1 unspecified atom stereocenters. The topological polar surface area (TPSA) is 87.7 Å². The molecule has 1 rings (SSSR count). The summed E-state index contributed by atoms with van der Waals surface area (Å²) in [7, 11) is 0. The number of oxime groups is 1. The van der Waals surface area contributed by atoms with Gasteiger partial charge in [0.15, 0.2) is 0 Å². The lowest BCUT2D eigenvalue weighted by molar-refractivity contribution is 0.0936. The number of halogens is 1. The molecule has 1 amide bonds. The van der Waals surface area contributed by atoms with Crippen molar-refractivity contribution in [3.05, 3.63) is 33.8 Å². The summed E-state index contributed by atoms with van der Waals surface area (Å²) in [5.74, 6) is -0.0698. The Balaban J connectivity index is 2.77. The van der Waals surface area contributed by atoms with E-state index in [9.17, 15) is 4.79 Å². The van der Waals surface area contributed by atoms with E-state index in [1.807, 2.05) is 26.0 Å². The molecule has 0 spiro atoms. The van der Waals surface area contributed by atoms with Gasteiger partial charge in [0.05, 0.1) is 5.56 Å². The Morgan fingerprint density at radius 2 is 2.26 bits per heavy atom. The molecular weight excluding hydrogens is 310 g/mol. The lowest BCUT2D eigenvalue weighted by atomic mass is 10.1. The molecule has 0 fully saturated rings. The Morgan fingerprint density at radius 3 is 2.79 bits per heavy atom. The third-order valence-electron chi connectivity index (χ3n) is 2.78. The summed E-state index contributed by atoms with van der Waals surface area (Å²) in [6.45, 7) is 3.89. The Bertz CT molecular complexity index is 489. The van der Waals surface area contributed by atoms with Crippen molar-refractivity contribution in [1.82, 2.24) is 5.32 Å². The number of amidine groups is 1. The molecule has 5 nitrogen and oxygen atoms in total. The third kappa shape index (κ3) is 4.55. The number of nitrogens with zero attached hydrogens (tertiary/aromatic N) is 1. The van der Waals surface area contributed by atoms with Gasteiger partial charge in [0.1, 0.15) is 5.84 Å². The normalized spacial score (nSPS) is 13.1.